The summed E-state index contributed by atoms with van der Waals surface area (Å²) in [5, 5.41) is 0.900. The lowest BCUT2D eigenvalue weighted by Gasteiger charge is -2.07. The molecule has 0 atom stereocenters. The molecule has 0 aliphatic rings. The van der Waals surface area contributed by atoms with Crippen molar-refractivity contribution in [3.63, 3.8) is 0 Å². The summed E-state index contributed by atoms with van der Waals surface area (Å²) in [6.07, 6.45) is 2.13. The van der Waals surface area contributed by atoms with Crippen molar-refractivity contribution in [1.82, 2.24) is 4.98 Å². The third kappa shape index (κ3) is 4.61. The summed E-state index contributed by atoms with van der Waals surface area (Å²) in [5.74, 6) is 2.06. The highest BCUT2D eigenvalue weighted by Crippen LogP contribution is 2.27. The molecule has 6 nitrogen and oxygen atoms in total. The molecule has 0 bridgehead atoms. The molecule has 0 unspecified atom stereocenters. The molecule has 2 aromatic heterocycles. The summed E-state index contributed by atoms with van der Waals surface area (Å²) >= 11 is 0. The molecule has 2 heterocycles. The first kappa shape index (κ1) is 21.3. The van der Waals surface area contributed by atoms with Crippen LogP contribution in [0.2, 0.25) is 0 Å². The van der Waals surface area contributed by atoms with Gasteiger partial charge < -0.3 is 19.3 Å². The minimum atomic E-state index is -0.646. The van der Waals surface area contributed by atoms with E-state index in [-0.39, 0.29) is 5.76 Å². The van der Waals surface area contributed by atoms with E-state index in [1.54, 1.807) is 18.2 Å². The minimum Gasteiger partial charge on any atom is -0.461 e. The number of ether oxygens (including phenoxy) is 1. The van der Waals surface area contributed by atoms with E-state index in [1.165, 1.54) is 0 Å². The van der Waals surface area contributed by atoms with Gasteiger partial charge in [0.05, 0.1) is 12.1 Å². The van der Waals surface area contributed by atoms with Gasteiger partial charge in [0, 0.05) is 10.9 Å². The third-order valence-corrected chi connectivity index (χ3v) is 5.36. The Hall–Kier alpha value is -4.58. The van der Waals surface area contributed by atoms with Crippen LogP contribution in [0.1, 0.15) is 22.8 Å². The SMILES string of the molecule is Cc1oc(-c2ccccc2)nc1Cc1cc2cc(C=C(Oc3ccccc3)C(N)=O)ccc2o1. The zero-order valence-electron chi connectivity index (χ0n) is 18.5. The number of aryl methyl sites for hydroxylation is 1. The number of nitrogens with zero attached hydrogens (tertiary/aromatic N) is 1. The molecular formula is C28H22N2O4. The van der Waals surface area contributed by atoms with Crippen LogP contribution >= 0.6 is 0 Å². The van der Waals surface area contributed by atoms with E-state index in [0.29, 0.717) is 18.1 Å². The highest BCUT2D eigenvalue weighted by Gasteiger charge is 2.15. The van der Waals surface area contributed by atoms with E-state index in [1.807, 2.05) is 79.7 Å². The number of amides is 1. The molecule has 5 aromatic rings. The lowest BCUT2D eigenvalue weighted by molar-refractivity contribution is -0.116. The van der Waals surface area contributed by atoms with Crippen molar-refractivity contribution in [1.29, 1.82) is 0 Å². The first-order valence-electron chi connectivity index (χ1n) is 10.8. The molecule has 0 fully saturated rings. The summed E-state index contributed by atoms with van der Waals surface area (Å²) in [6.45, 7) is 1.90. The maximum atomic E-state index is 11.9. The molecular weight excluding hydrogens is 428 g/mol. The Balaban J connectivity index is 1.39. The fraction of sp³-hybridized carbons (Fsp3) is 0.0714. The van der Waals surface area contributed by atoms with E-state index in [4.69, 9.17) is 19.3 Å². The maximum Gasteiger partial charge on any atom is 0.284 e. The summed E-state index contributed by atoms with van der Waals surface area (Å²) in [5.41, 5.74) is 8.79. The van der Waals surface area contributed by atoms with Crippen LogP contribution in [-0.2, 0) is 11.2 Å². The number of fused-ring (bicyclic) bond motifs is 1. The van der Waals surface area contributed by atoms with Gasteiger partial charge in [-0.15, -0.1) is 0 Å². The zero-order valence-corrected chi connectivity index (χ0v) is 18.5. The maximum absolute atomic E-state index is 11.9. The van der Waals surface area contributed by atoms with Gasteiger partial charge in [-0.3, -0.25) is 4.79 Å². The monoisotopic (exact) mass is 450 g/mol. The average molecular weight is 450 g/mol. The molecule has 6 heteroatoms. The van der Waals surface area contributed by atoms with Gasteiger partial charge in [0.1, 0.15) is 22.9 Å². The van der Waals surface area contributed by atoms with E-state index in [9.17, 15) is 4.79 Å². The van der Waals surface area contributed by atoms with Crippen molar-refractivity contribution in [3.05, 3.63) is 113 Å². The normalized spacial score (nSPS) is 11.6. The van der Waals surface area contributed by atoms with Crippen molar-refractivity contribution in [2.24, 2.45) is 5.73 Å². The van der Waals surface area contributed by atoms with Gasteiger partial charge in [-0.1, -0.05) is 42.5 Å². The summed E-state index contributed by atoms with van der Waals surface area (Å²) < 4.78 is 17.6. The number of carbonyl (C=O) groups is 1. The minimum absolute atomic E-state index is 0.0564. The quantitative estimate of drug-likeness (QED) is 0.246. The Morgan fingerprint density at radius 3 is 2.44 bits per heavy atom. The van der Waals surface area contributed by atoms with Gasteiger partial charge in [-0.2, -0.15) is 0 Å². The fourth-order valence-electron chi connectivity index (χ4n) is 3.67. The number of nitrogens with two attached hydrogens (primary N) is 1. The Morgan fingerprint density at radius 1 is 0.971 bits per heavy atom. The number of para-hydroxylation sites is 1. The first-order chi connectivity index (χ1) is 16.5. The van der Waals surface area contributed by atoms with Crippen LogP contribution < -0.4 is 10.5 Å². The van der Waals surface area contributed by atoms with Crippen LogP contribution in [-0.4, -0.2) is 10.9 Å². The number of primary amides is 1. The number of rotatable bonds is 7. The van der Waals surface area contributed by atoms with Crippen LogP contribution in [0.15, 0.2) is 99.5 Å². The average Bonchev–Trinajstić information content (AvgIpc) is 3.42. The lowest BCUT2D eigenvalue weighted by atomic mass is 10.1. The van der Waals surface area contributed by atoms with Gasteiger partial charge >= 0.3 is 0 Å². The molecule has 1 amide bonds. The standard InChI is InChI=1S/C28H22N2O4/c1-18-24(30-28(32-18)20-8-4-2-5-9-20)17-23-16-21-14-19(12-13-25(21)34-23)15-26(27(29)31)33-22-10-6-3-7-11-22/h2-16H,17H2,1H3,(H2,29,31). The molecule has 0 aliphatic carbocycles. The molecule has 0 saturated heterocycles. The third-order valence-electron chi connectivity index (χ3n) is 5.36. The summed E-state index contributed by atoms with van der Waals surface area (Å²) in [6, 6.07) is 26.4. The van der Waals surface area contributed by atoms with E-state index < -0.39 is 5.91 Å². The van der Waals surface area contributed by atoms with Gasteiger partial charge in [-0.05, 0) is 61.0 Å². The number of furan rings is 1. The molecule has 0 radical (unpaired) electrons. The first-order valence-corrected chi connectivity index (χ1v) is 10.8. The molecule has 5 rings (SSSR count). The second kappa shape index (κ2) is 9.11. The Kier molecular flexibility index (Phi) is 5.70. The molecule has 0 saturated carbocycles. The number of aromatic nitrogens is 1. The van der Waals surface area contributed by atoms with Crippen LogP contribution in [0, 0.1) is 6.92 Å². The lowest BCUT2D eigenvalue weighted by Crippen LogP contribution is -2.18. The topological polar surface area (TPSA) is 91.5 Å². The molecule has 168 valence electrons. The van der Waals surface area contributed by atoms with E-state index in [2.05, 4.69) is 4.98 Å². The Labute approximate surface area is 196 Å². The van der Waals surface area contributed by atoms with Crippen molar-refractivity contribution < 1.29 is 18.4 Å². The van der Waals surface area contributed by atoms with Crippen molar-refractivity contribution in [2.45, 2.75) is 13.3 Å². The highest BCUT2D eigenvalue weighted by atomic mass is 16.5. The van der Waals surface area contributed by atoms with Gasteiger partial charge in [0.15, 0.2) is 5.76 Å². The summed E-state index contributed by atoms with van der Waals surface area (Å²) in [7, 11) is 0. The predicted molar refractivity (Wildman–Crippen MR) is 130 cm³/mol. The summed E-state index contributed by atoms with van der Waals surface area (Å²) in [4.78, 5) is 16.6. The largest absolute Gasteiger partial charge is 0.461 e. The van der Waals surface area contributed by atoms with Crippen molar-refractivity contribution in [3.8, 4) is 17.2 Å². The Morgan fingerprint density at radius 2 is 1.71 bits per heavy atom. The number of hydrogen-bond acceptors (Lipinski definition) is 5. The molecule has 0 aliphatic heterocycles. The van der Waals surface area contributed by atoms with Crippen molar-refractivity contribution >= 4 is 23.0 Å². The van der Waals surface area contributed by atoms with Gasteiger partial charge in [0.2, 0.25) is 5.89 Å². The Bertz CT molecular complexity index is 1480. The molecule has 2 N–H and O–H groups in total. The number of oxazole rings is 1. The second-order valence-electron chi connectivity index (χ2n) is 7.86. The van der Waals surface area contributed by atoms with Crippen LogP contribution in [0.4, 0.5) is 0 Å². The van der Waals surface area contributed by atoms with E-state index >= 15 is 0 Å². The highest BCUT2D eigenvalue weighted by molar-refractivity contribution is 5.95. The smallest absolute Gasteiger partial charge is 0.284 e. The van der Waals surface area contributed by atoms with Gasteiger partial charge in [0.25, 0.3) is 5.91 Å². The fourth-order valence-corrected chi connectivity index (χ4v) is 3.67. The molecule has 0 spiro atoms. The zero-order chi connectivity index (χ0) is 23.5. The number of carbonyl (C=O) groups excluding carboxylic acids is 1. The van der Waals surface area contributed by atoms with Crippen LogP contribution in [0.5, 0.6) is 5.75 Å². The molecule has 34 heavy (non-hydrogen) atoms. The predicted octanol–water partition coefficient (Wildman–Crippen LogP) is 5.89. The second-order valence-corrected chi connectivity index (χ2v) is 7.86. The molecule has 3 aromatic carbocycles. The van der Waals surface area contributed by atoms with Crippen LogP contribution in [0.25, 0.3) is 28.5 Å². The number of hydrogen-bond donors (Lipinski definition) is 1. The number of benzene rings is 3. The van der Waals surface area contributed by atoms with Crippen molar-refractivity contribution in [2.75, 3.05) is 0 Å². The van der Waals surface area contributed by atoms with E-state index in [0.717, 1.165) is 39.3 Å². The van der Waals surface area contributed by atoms with Gasteiger partial charge in [-0.25, -0.2) is 4.98 Å². The van der Waals surface area contributed by atoms with Crippen LogP contribution in [0.3, 0.4) is 0 Å².